The van der Waals surface area contributed by atoms with E-state index in [1.54, 1.807) is 0 Å². The van der Waals surface area contributed by atoms with Crippen LogP contribution in [0.1, 0.15) is 94.3 Å². The number of aliphatic hydroxyl groups is 2. The Labute approximate surface area is 176 Å². The lowest BCUT2D eigenvalue weighted by Crippen LogP contribution is -2.15. The summed E-state index contributed by atoms with van der Waals surface area (Å²) in [7, 11) is 1.41. The Kier molecular flexibility index (Phi) is 10.4. The molecule has 0 bridgehead atoms. The summed E-state index contributed by atoms with van der Waals surface area (Å²) in [6, 6.07) is 8.20. The van der Waals surface area contributed by atoms with E-state index in [0.29, 0.717) is 6.42 Å². The number of benzene rings is 1. The zero-order valence-electron chi connectivity index (χ0n) is 18.1. The van der Waals surface area contributed by atoms with Crippen LogP contribution in [-0.4, -0.2) is 29.4 Å². The Bertz CT molecular complexity index is 639. The van der Waals surface area contributed by atoms with Crippen molar-refractivity contribution in [2.24, 2.45) is 5.92 Å². The highest BCUT2D eigenvalue weighted by molar-refractivity contribution is 5.69. The highest BCUT2D eigenvalue weighted by Gasteiger charge is 2.38. The molecule has 0 aliphatic heterocycles. The second kappa shape index (κ2) is 12.8. The molecule has 1 aromatic carbocycles. The first kappa shape index (κ1) is 23.6. The Hall–Kier alpha value is -1.65. The van der Waals surface area contributed by atoms with Gasteiger partial charge in [-0.05, 0) is 61.5 Å². The Morgan fingerprint density at radius 2 is 1.90 bits per heavy atom. The number of methoxy groups -OCH3 is 1. The minimum absolute atomic E-state index is 0.145. The Morgan fingerprint density at radius 3 is 2.62 bits per heavy atom. The van der Waals surface area contributed by atoms with E-state index < -0.39 is 6.10 Å². The topological polar surface area (TPSA) is 66.8 Å². The highest BCUT2D eigenvalue weighted by atomic mass is 16.5. The van der Waals surface area contributed by atoms with Gasteiger partial charge in [0, 0.05) is 6.42 Å². The number of ether oxygens (including phenoxy) is 1. The number of unbranched alkanes of at least 4 members (excludes halogenated alkanes) is 3. The zero-order valence-corrected chi connectivity index (χ0v) is 18.1. The fraction of sp³-hybridized carbons (Fsp3) is 0.640. The predicted octanol–water partition coefficient (Wildman–Crippen LogP) is 5.44. The number of hydrogen-bond acceptors (Lipinski definition) is 4. The number of allylic oxidation sites excluding steroid dienone is 2. The van der Waals surface area contributed by atoms with E-state index >= 15 is 0 Å². The molecule has 4 nitrogen and oxygen atoms in total. The van der Waals surface area contributed by atoms with Crippen molar-refractivity contribution in [2.45, 2.75) is 89.3 Å². The number of hydrogen-bond donors (Lipinski definition) is 2. The van der Waals surface area contributed by atoms with Crippen LogP contribution in [0.3, 0.4) is 0 Å². The SMILES string of the molecule is CCCCCC(O)CCC1c2ccccc2C(O)C1C/C=C\CCCC(=O)OC. The van der Waals surface area contributed by atoms with Crippen LogP contribution < -0.4 is 0 Å². The molecule has 0 saturated carbocycles. The van der Waals surface area contributed by atoms with Crippen molar-refractivity contribution in [3.63, 3.8) is 0 Å². The number of carbonyl (C=O) groups excluding carboxylic acids is 1. The molecule has 0 saturated heterocycles. The molecule has 4 unspecified atom stereocenters. The minimum Gasteiger partial charge on any atom is -0.469 e. The third-order valence-electron chi connectivity index (χ3n) is 6.14. The zero-order chi connectivity index (χ0) is 21.1. The molecule has 0 aromatic heterocycles. The van der Waals surface area contributed by atoms with E-state index in [9.17, 15) is 15.0 Å². The van der Waals surface area contributed by atoms with Gasteiger partial charge in [0.2, 0.25) is 0 Å². The van der Waals surface area contributed by atoms with E-state index in [1.165, 1.54) is 25.5 Å². The molecule has 0 amide bonds. The lowest BCUT2D eigenvalue weighted by Gasteiger charge is -2.23. The maximum absolute atomic E-state index is 11.2. The summed E-state index contributed by atoms with van der Waals surface area (Å²) in [5.41, 5.74) is 2.28. The first-order valence-corrected chi connectivity index (χ1v) is 11.2. The average Bonchev–Trinajstić information content (AvgIpc) is 3.00. The molecule has 1 aliphatic rings. The van der Waals surface area contributed by atoms with Crippen molar-refractivity contribution in [3.8, 4) is 0 Å². The summed E-state index contributed by atoms with van der Waals surface area (Å²) in [5.74, 6) is 0.256. The van der Waals surface area contributed by atoms with E-state index in [1.807, 2.05) is 18.2 Å². The summed E-state index contributed by atoms with van der Waals surface area (Å²) in [6.07, 6.45) is 12.4. The monoisotopic (exact) mass is 402 g/mol. The largest absolute Gasteiger partial charge is 0.469 e. The molecule has 0 radical (unpaired) electrons. The van der Waals surface area contributed by atoms with E-state index in [4.69, 9.17) is 0 Å². The van der Waals surface area contributed by atoms with E-state index in [2.05, 4.69) is 29.9 Å². The van der Waals surface area contributed by atoms with Gasteiger partial charge in [-0.2, -0.15) is 0 Å². The molecular weight excluding hydrogens is 364 g/mol. The normalized spacial score (nSPS) is 22.0. The van der Waals surface area contributed by atoms with Crippen molar-refractivity contribution in [2.75, 3.05) is 7.11 Å². The fourth-order valence-corrected chi connectivity index (χ4v) is 4.45. The van der Waals surface area contributed by atoms with Crippen LogP contribution in [-0.2, 0) is 9.53 Å². The van der Waals surface area contributed by atoms with Crippen molar-refractivity contribution in [1.82, 2.24) is 0 Å². The van der Waals surface area contributed by atoms with Gasteiger partial charge in [-0.3, -0.25) is 4.79 Å². The first-order chi connectivity index (χ1) is 14.1. The number of rotatable bonds is 13. The maximum Gasteiger partial charge on any atom is 0.305 e. The van der Waals surface area contributed by atoms with Gasteiger partial charge in [-0.15, -0.1) is 0 Å². The minimum atomic E-state index is -0.451. The molecule has 0 heterocycles. The van der Waals surface area contributed by atoms with Crippen LogP contribution in [0, 0.1) is 5.92 Å². The molecule has 29 heavy (non-hydrogen) atoms. The number of carbonyl (C=O) groups is 1. The second-order valence-corrected chi connectivity index (χ2v) is 8.25. The summed E-state index contributed by atoms with van der Waals surface area (Å²) in [5, 5.41) is 21.3. The van der Waals surface area contributed by atoms with Gasteiger partial charge in [0.05, 0.1) is 19.3 Å². The van der Waals surface area contributed by atoms with Crippen molar-refractivity contribution in [1.29, 1.82) is 0 Å². The van der Waals surface area contributed by atoms with E-state index in [0.717, 1.165) is 50.5 Å². The third kappa shape index (κ3) is 7.27. The lowest BCUT2D eigenvalue weighted by molar-refractivity contribution is -0.140. The molecule has 4 heteroatoms. The van der Waals surface area contributed by atoms with Gasteiger partial charge in [0.25, 0.3) is 0 Å². The van der Waals surface area contributed by atoms with Crippen molar-refractivity contribution in [3.05, 3.63) is 47.5 Å². The summed E-state index contributed by atoms with van der Waals surface area (Å²) < 4.78 is 4.66. The molecule has 2 rings (SSSR count). The molecule has 0 fully saturated rings. The van der Waals surface area contributed by atoms with E-state index in [-0.39, 0.29) is 23.9 Å². The molecule has 2 N–H and O–H groups in total. The van der Waals surface area contributed by atoms with Crippen LogP contribution >= 0.6 is 0 Å². The highest BCUT2D eigenvalue weighted by Crippen LogP contribution is 2.49. The van der Waals surface area contributed by atoms with Gasteiger partial charge in [-0.25, -0.2) is 0 Å². The molecule has 0 spiro atoms. The van der Waals surface area contributed by atoms with Gasteiger partial charge in [0.15, 0.2) is 0 Å². The Morgan fingerprint density at radius 1 is 1.14 bits per heavy atom. The van der Waals surface area contributed by atoms with Crippen LogP contribution in [0.5, 0.6) is 0 Å². The standard InChI is InChI=1S/C25H38O4/c1-3-4-7-12-19(26)17-18-21-20-13-10-11-15-22(20)25(28)23(21)14-8-5-6-9-16-24(27)29-2/h5,8,10-11,13,15,19,21,23,25-26,28H,3-4,6-7,9,12,14,16-18H2,1-2H3/b8-5-. The molecule has 162 valence electrons. The van der Waals surface area contributed by atoms with Crippen LogP contribution in [0.2, 0.25) is 0 Å². The van der Waals surface area contributed by atoms with Crippen LogP contribution in [0.15, 0.2) is 36.4 Å². The number of fused-ring (bicyclic) bond motifs is 1. The summed E-state index contributed by atoms with van der Waals surface area (Å²) in [6.45, 7) is 2.18. The maximum atomic E-state index is 11.2. The van der Waals surface area contributed by atoms with Gasteiger partial charge >= 0.3 is 5.97 Å². The molecule has 4 atom stereocenters. The summed E-state index contributed by atoms with van der Waals surface area (Å²) in [4.78, 5) is 11.2. The van der Waals surface area contributed by atoms with Crippen LogP contribution in [0.4, 0.5) is 0 Å². The van der Waals surface area contributed by atoms with Gasteiger partial charge in [-0.1, -0.05) is 62.6 Å². The van der Waals surface area contributed by atoms with Gasteiger partial charge < -0.3 is 14.9 Å². The molecule has 1 aliphatic carbocycles. The third-order valence-corrected chi connectivity index (χ3v) is 6.14. The van der Waals surface area contributed by atoms with Crippen molar-refractivity contribution < 1.29 is 19.7 Å². The molecule has 1 aromatic rings. The number of esters is 1. The smallest absolute Gasteiger partial charge is 0.305 e. The lowest BCUT2D eigenvalue weighted by atomic mass is 9.84. The van der Waals surface area contributed by atoms with Gasteiger partial charge in [0.1, 0.15) is 0 Å². The number of aliphatic hydroxyl groups excluding tert-OH is 2. The quantitative estimate of drug-likeness (QED) is 0.262. The second-order valence-electron chi connectivity index (χ2n) is 8.25. The first-order valence-electron chi connectivity index (χ1n) is 11.2. The Balaban J connectivity index is 1.91. The average molecular weight is 403 g/mol. The van der Waals surface area contributed by atoms with Crippen LogP contribution in [0.25, 0.3) is 0 Å². The predicted molar refractivity (Wildman–Crippen MR) is 117 cm³/mol. The van der Waals surface area contributed by atoms with Crippen molar-refractivity contribution >= 4 is 5.97 Å². The molecular formula is C25H38O4. The fourth-order valence-electron chi connectivity index (χ4n) is 4.45. The summed E-state index contributed by atoms with van der Waals surface area (Å²) >= 11 is 0.